The third-order valence-electron chi connectivity index (χ3n) is 3.62. The van der Waals surface area contributed by atoms with E-state index in [0.29, 0.717) is 37.4 Å². The molecule has 136 valence electrons. The van der Waals surface area contributed by atoms with Gasteiger partial charge in [-0.25, -0.2) is 9.97 Å². The van der Waals surface area contributed by atoms with Crippen LogP contribution in [-0.2, 0) is 0 Å². The van der Waals surface area contributed by atoms with Crippen molar-refractivity contribution in [2.24, 2.45) is 0 Å². The number of benzene rings is 1. The predicted octanol–water partition coefficient (Wildman–Crippen LogP) is 4.16. The van der Waals surface area contributed by atoms with Crippen LogP contribution in [0.25, 0.3) is 21.5 Å². The Hall–Kier alpha value is -2.38. The zero-order valence-corrected chi connectivity index (χ0v) is 16.5. The number of fused-ring (bicyclic) bond motifs is 1. The van der Waals surface area contributed by atoms with E-state index in [1.165, 1.54) is 11.3 Å². The number of hydrogen-bond acceptors (Lipinski definition) is 6. The summed E-state index contributed by atoms with van der Waals surface area (Å²) >= 11 is 7.25. The molecule has 6 nitrogen and oxygen atoms in total. The molecule has 0 unspecified atom stereocenters. The molecule has 0 radical (unpaired) electrons. The summed E-state index contributed by atoms with van der Waals surface area (Å²) in [5.74, 6) is 0.248. The summed E-state index contributed by atoms with van der Waals surface area (Å²) in [7, 11) is 1.75. The van der Waals surface area contributed by atoms with Gasteiger partial charge in [0.15, 0.2) is 0 Å². The maximum atomic E-state index is 12.6. The number of nitrogen functional groups attached to an aromatic ring is 1. The molecule has 1 amide bonds. The number of carbonyl (C=O) groups is 1. The number of rotatable bonds is 3. The van der Waals surface area contributed by atoms with Gasteiger partial charge in [0, 0.05) is 23.2 Å². The van der Waals surface area contributed by atoms with Crippen molar-refractivity contribution in [1.82, 2.24) is 15.3 Å². The lowest BCUT2D eigenvalue weighted by atomic mass is 10.1. The highest BCUT2D eigenvalue weighted by molar-refractivity contribution is 7.21. The number of amides is 1. The molecule has 3 aromatic rings. The number of nitrogens with one attached hydrogen (secondary N) is 2. The highest BCUT2D eigenvalue weighted by Gasteiger charge is 2.24. The number of aromatic nitrogens is 2. The van der Waals surface area contributed by atoms with E-state index in [1.54, 1.807) is 19.2 Å². The quantitative estimate of drug-likeness (QED) is 0.625. The van der Waals surface area contributed by atoms with Gasteiger partial charge in [-0.2, -0.15) is 0 Å². The van der Waals surface area contributed by atoms with Crippen LogP contribution in [0.4, 0.5) is 11.6 Å². The van der Waals surface area contributed by atoms with E-state index in [-0.39, 0.29) is 11.4 Å². The summed E-state index contributed by atoms with van der Waals surface area (Å²) in [6, 6.07) is 7.32. The lowest BCUT2D eigenvalue weighted by molar-refractivity contribution is 0.0924. The summed E-state index contributed by atoms with van der Waals surface area (Å²) in [6.07, 6.45) is 0. The zero-order chi connectivity index (χ0) is 19.1. The maximum absolute atomic E-state index is 12.6. The van der Waals surface area contributed by atoms with Crippen LogP contribution in [0.5, 0.6) is 0 Å². The zero-order valence-electron chi connectivity index (χ0n) is 15.0. The molecule has 2 heterocycles. The molecule has 0 aliphatic carbocycles. The Morgan fingerprint density at radius 2 is 1.85 bits per heavy atom. The predicted molar refractivity (Wildman–Crippen MR) is 109 cm³/mol. The minimum Gasteiger partial charge on any atom is -0.397 e. The van der Waals surface area contributed by atoms with Crippen LogP contribution < -0.4 is 16.4 Å². The standard InChI is InChI=1S/C18H20ClN5OS/c1-18(2,3)24-15(25)14-12(20)11-13(9-5-7-10(19)8-6-9)22-17(21-4)23-16(11)26-14/h5-8H,20H2,1-4H3,(H,24,25)(H,21,22,23). The lowest BCUT2D eigenvalue weighted by Gasteiger charge is -2.20. The minimum atomic E-state index is -0.361. The number of thiophene rings is 1. The molecule has 0 atom stereocenters. The van der Waals surface area contributed by atoms with Crippen LogP contribution in [0, 0.1) is 0 Å². The molecule has 8 heteroatoms. The average Bonchev–Trinajstić information content (AvgIpc) is 2.90. The van der Waals surface area contributed by atoms with Gasteiger partial charge in [0.25, 0.3) is 5.91 Å². The van der Waals surface area contributed by atoms with Gasteiger partial charge < -0.3 is 16.4 Å². The van der Waals surface area contributed by atoms with Gasteiger partial charge in [0.2, 0.25) is 5.95 Å². The summed E-state index contributed by atoms with van der Waals surface area (Å²) < 4.78 is 0. The van der Waals surface area contributed by atoms with Gasteiger partial charge >= 0.3 is 0 Å². The third kappa shape index (κ3) is 3.59. The molecule has 0 saturated heterocycles. The second-order valence-corrected chi connectivity index (χ2v) is 8.32. The van der Waals surface area contributed by atoms with Gasteiger partial charge in [-0.15, -0.1) is 11.3 Å². The third-order valence-corrected chi connectivity index (χ3v) is 4.97. The fourth-order valence-electron chi connectivity index (χ4n) is 2.52. The van der Waals surface area contributed by atoms with Crippen molar-refractivity contribution in [3.8, 4) is 11.3 Å². The Balaban J connectivity index is 2.21. The largest absolute Gasteiger partial charge is 0.397 e. The smallest absolute Gasteiger partial charge is 0.263 e. The average molecular weight is 390 g/mol. The van der Waals surface area contributed by atoms with Crippen molar-refractivity contribution >= 4 is 50.7 Å². The molecular weight excluding hydrogens is 370 g/mol. The molecule has 0 saturated carbocycles. The Kier molecular flexibility index (Phi) is 4.77. The van der Waals surface area contributed by atoms with Crippen molar-refractivity contribution < 1.29 is 4.79 Å². The second kappa shape index (κ2) is 6.74. The number of hydrogen-bond donors (Lipinski definition) is 3. The van der Waals surface area contributed by atoms with E-state index in [2.05, 4.69) is 20.6 Å². The van der Waals surface area contributed by atoms with Gasteiger partial charge in [0.1, 0.15) is 9.71 Å². The number of nitrogens with two attached hydrogens (primary N) is 1. The minimum absolute atomic E-state index is 0.217. The normalized spacial score (nSPS) is 11.6. The molecule has 0 aliphatic rings. The van der Waals surface area contributed by atoms with Gasteiger partial charge in [-0.3, -0.25) is 4.79 Å². The van der Waals surface area contributed by atoms with Crippen molar-refractivity contribution in [2.45, 2.75) is 26.3 Å². The summed E-state index contributed by atoms with van der Waals surface area (Å²) in [4.78, 5) is 22.8. The van der Waals surface area contributed by atoms with Crippen LogP contribution in [-0.4, -0.2) is 28.5 Å². The monoisotopic (exact) mass is 389 g/mol. The van der Waals surface area contributed by atoms with E-state index in [0.717, 1.165) is 5.56 Å². The molecule has 0 spiro atoms. The molecule has 26 heavy (non-hydrogen) atoms. The fourth-order valence-corrected chi connectivity index (χ4v) is 3.63. The van der Waals surface area contributed by atoms with Crippen molar-refractivity contribution in [3.63, 3.8) is 0 Å². The number of carbonyl (C=O) groups excluding carboxylic acids is 1. The Bertz CT molecular complexity index is 976. The van der Waals surface area contributed by atoms with E-state index in [4.69, 9.17) is 17.3 Å². The molecule has 0 bridgehead atoms. The van der Waals surface area contributed by atoms with E-state index in [1.807, 2.05) is 32.9 Å². The van der Waals surface area contributed by atoms with Crippen LogP contribution >= 0.6 is 22.9 Å². The topological polar surface area (TPSA) is 92.9 Å². The number of anilines is 2. The SMILES string of the molecule is CNc1nc(-c2ccc(Cl)cc2)c2c(N)c(C(=O)NC(C)(C)C)sc2n1. The van der Waals surface area contributed by atoms with Crippen molar-refractivity contribution in [3.05, 3.63) is 34.2 Å². The molecule has 2 aromatic heterocycles. The second-order valence-electron chi connectivity index (χ2n) is 6.88. The van der Waals surface area contributed by atoms with Crippen molar-refractivity contribution in [1.29, 1.82) is 0 Å². The fraction of sp³-hybridized carbons (Fsp3) is 0.278. The molecule has 0 aliphatic heterocycles. The van der Waals surface area contributed by atoms with E-state index in [9.17, 15) is 4.79 Å². The maximum Gasteiger partial charge on any atom is 0.263 e. The Labute approximate surface area is 160 Å². The molecule has 0 fully saturated rings. The molecule has 1 aromatic carbocycles. The van der Waals surface area contributed by atoms with E-state index >= 15 is 0 Å². The van der Waals surface area contributed by atoms with Gasteiger partial charge in [0.05, 0.1) is 16.8 Å². The number of halogens is 1. The highest BCUT2D eigenvalue weighted by Crippen LogP contribution is 2.39. The van der Waals surface area contributed by atoms with Crippen LogP contribution in [0.2, 0.25) is 5.02 Å². The van der Waals surface area contributed by atoms with Crippen LogP contribution in [0.1, 0.15) is 30.4 Å². The van der Waals surface area contributed by atoms with Crippen molar-refractivity contribution in [2.75, 3.05) is 18.1 Å². The van der Waals surface area contributed by atoms with Crippen LogP contribution in [0.15, 0.2) is 24.3 Å². The van der Waals surface area contributed by atoms with Gasteiger partial charge in [-0.1, -0.05) is 23.7 Å². The summed E-state index contributed by atoms with van der Waals surface area (Å²) in [6.45, 7) is 5.77. The molecule has 4 N–H and O–H groups in total. The number of nitrogens with zero attached hydrogens (tertiary/aromatic N) is 2. The summed E-state index contributed by atoms with van der Waals surface area (Å²) in [5.41, 5.74) is 7.89. The first kappa shape index (κ1) is 18.4. The molecule has 3 rings (SSSR count). The molecular formula is C18H20ClN5OS. The first-order valence-electron chi connectivity index (χ1n) is 8.06. The first-order chi connectivity index (χ1) is 12.2. The van der Waals surface area contributed by atoms with E-state index < -0.39 is 0 Å². The Morgan fingerprint density at radius 3 is 2.42 bits per heavy atom. The first-order valence-corrected chi connectivity index (χ1v) is 9.25. The highest BCUT2D eigenvalue weighted by atomic mass is 35.5. The van der Waals surface area contributed by atoms with Crippen LogP contribution in [0.3, 0.4) is 0 Å². The summed E-state index contributed by atoms with van der Waals surface area (Å²) in [5, 5.41) is 7.21. The lowest BCUT2D eigenvalue weighted by Crippen LogP contribution is -2.40. The Morgan fingerprint density at radius 1 is 1.19 bits per heavy atom. The van der Waals surface area contributed by atoms with Gasteiger partial charge in [-0.05, 0) is 32.9 Å².